The van der Waals surface area contributed by atoms with Crippen molar-refractivity contribution < 1.29 is 4.79 Å². The predicted octanol–water partition coefficient (Wildman–Crippen LogP) is 4.70. The molecule has 0 saturated carbocycles. The van der Waals surface area contributed by atoms with Crippen molar-refractivity contribution in [3.63, 3.8) is 0 Å². The molecule has 0 saturated heterocycles. The van der Waals surface area contributed by atoms with Gasteiger partial charge in [-0.2, -0.15) is 0 Å². The zero-order chi connectivity index (χ0) is 14.4. The minimum absolute atomic E-state index is 0.000813. The van der Waals surface area contributed by atoms with Crippen LogP contribution in [0, 0.1) is 13.8 Å². The number of carbonyl (C=O) groups excluding carboxylic acids is 1. The highest BCUT2D eigenvalue weighted by atomic mass is 79.9. The number of amides is 1. The summed E-state index contributed by atoms with van der Waals surface area (Å²) in [6.07, 6.45) is 0. The Hall–Kier alpha value is -1.87. The molecular weight excluding hydrogens is 314 g/mol. The Balaban J connectivity index is 2.19. The minimum atomic E-state index is -0.000813. The predicted molar refractivity (Wildman–Crippen MR) is 85.9 cm³/mol. The Labute approximate surface area is 126 Å². The lowest BCUT2D eigenvalue weighted by molar-refractivity contribution is 0.101. The van der Waals surface area contributed by atoms with Gasteiger partial charge in [-0.3, -0.25) is 9.69 Å². The molecule has 0 atom stereocenters. The number of rotatable bonds is 1. The molecule has 1 heterocycles. The molecule has 0 unspecified atom stereocenters. The molecule has 20 heavy (non-hydrogen) atoms. The van der Waals surface area contributed by atoms with Crippen LogP contribution >= 0.6 is 15.9 Å². The van der Waals surface area contributed by atoms with Crippen LogP contribution in [0.25, 0.3) is 5.70 Å². The van der Waals surface area contributed by atoms with Crippen LogP contribution < -0.4 is 4.90 Å². The van der Waals surface area contributed by atoms with Crippen molar-refractivity contribution in [3.8, 4) is 0 Å². The molecule has 2 aromatic rings. The van der Waals surface area contributed by atoms with Gasteiger partial charge in [0.1, 0.15) is 0 Å². The van der Waals surface area contributed by atoms with Crippen LogP contribution in [0.2, 0.25) is 0 Å². The van der Waals surface area contributed by atoms with Gasteiger partial charge < -0.3 is 0 Å². The lowest BCUT2D eigenvalue weighted by Crippen LogP contribution is -2.23. The molecule has 0 aliphatic carbocycles. The summed E-state index contributed by atoms with van der Waals surface area (Å²) in [6, 6.07) is 11.7. The van der Waals surface area contributed by atoms with Crippen molar-refractivity contribution in [2.45, 2.75) is 13.8 Å². The van der Waals surface area contributed by atoms with Gasteiger partial charge in [0.15, 0.2) is 0 Å². The molecule has 2 aromatic carbocycles. The van der Waals surface area contributed by atoms with Gasteiger partial charge in [-0.1, -0.05) is 40.7 Å². The first-order chi connectivity index (χ1) is 9.50. The summed E-state index contributed by atoms with van der Waals surface area (Å²) >= 11 is 3.49. The summed E-state index contributed by atoms with van der Waals surface area (Å²) in [7, 11) is 0. The van der Waals surface area contributed by atoms with Crippen molar-refractivity contribution in [1.82, 2.24) is 0 Å². The van der Waals surface area contributed by atoms with Crippen LogP contribution in [-0.4, -0.2) is 5.91 Å². The molecule has 3 rings (SSSR count). The van der Waals surface area contributed by atoms with E-state index in [1.54, 1.807) is 4.90 Å². The Morgan fingerprint density at radius 2 is 1.60 bits per heavy atom. The van der Waals surface area contributed by atoms with E-state index in [4.69, 9.17) is 0 Å². The van der Waals surface area contributed by atoms with Gasteiger partial charge in [-0.05, 0) is 43.2 Å². The number of halogens is 1. The van der Waals surface area contributed by atoms with Gasteiger partial charge in [0.25, 0.3) is 5.91 Å². The summed E-state index contributed by atoms with van der Waals surface area (Å²) in [6.45, 7) is 8.12. The largest absolute Gasteiger partial charge is 0.276 e. The van der Waals surface area contributed by atoms with Crippen LogP contribution in [0.5, 0.6) is 0 Å². The van der Waals surface area contributed by atoms with E-state index in [0.29, 0.717) is 0 Å². The first-order valence-electron chi connectivity index (χ1n) is 6.40. The summed E-state index contributed by atoms with van der Waals surface area (Å²) in [4.78, 5) is 14.4. The SMILES string of the molecule is C=C1c2ccccc2C(=O)N1c1c(C)cc(Br)cc1C. The molecule has 1 aliphatic rings. The van der Waals surface area contributed by atoms with Gasteiger partial charge >= 0.3 is 0 Å². The van der Waals surface area contributed by atoms with E-state index >= 15 is 0 Å². The van der Waals surface area contributed by atoms with Gasteiger partial charge in [-0.25, -0.2) is 0 Å². The third-order valence-electron chi connectivity index (χ3n) is 3.62. The average molecular weight is 328 g/mol. The fourth-order valence-electron chi connectivity index (χ4n) is 2.78. The average Bonchev–Trinajstić information content (AvgIpc) is 2.64. The van der Waals surface area contributed by atoms with Crippen LogP contribution in [0.4, 0.5) is 5.69 Å². The third kappa shape index (κ3) is 1.81. The highest BCUT2D eigenvalue weighted by molar-refractivity contribution is 9.10. The maximum atomic E-state index is 12.7. The van der Waals surface area contributed by atoms with Crippen LogP contribution in [0.15, 0.2) is 47.4 Å². The molecule has 100 valence electrons. The Morgan fingerprint density at radius 3 is 2.15 bits per heavy atom. The van der Waals surface area contributed by atoms with Gasteiger partial charge in [0.2, 0.25) is 0 Å². The van der Waals surface area contributed by atoms with Crippen LogP contribution in [-0.2, 0) is 0 Å². The molecule has 1 aliphatic heterocycles. The second kappa shape index (κ2) is 4.60. The van der Waals surface area contributed by atoms with E-state index in [1.165, 1.54) is 0 Å². The van der Waals surface area contributed by atoms with Crippen LogP contribution in [0.3, 0.4) is 0 Å². The quantitative estimate of drug-likeness (QED) is 0.743. The number of aryl methyl sites for hydroxylation is 2. The summed E-state index contributed by atoms with van der Waals surface area (Å²) < 4.78 is 1.02. The Bertz CT molecular complexity index is 690. The summed E-state index contributed by atoms with van der Waals surface area (Å²) in [5, 5.41) is 0. The molecule has 0 N–H and O–H groups in total. The molecule has 1 amide bonds. The van der Waals surface area contributed by atoms with E-state index in [0.717, 1.165) is 38.1 Å². The molecule has 0 fully saturated rings. The number of fused-ring (bicyclic) bond motifs is 1. The third-order valence-corrected chi connectivity index (χ3v) is 4.08. The molecule has 0 aromatic heterocycles. The van der Waals surface area contributed by atoms with E-state index in [2.05, 4.69) is 22.5 Å². The lowest BCUT2D eigenvalue weighted by atomic mass is 10.1. The smallest absolute Gasteiger partial charge is 0.263 e. The summed E-state index contributed by atoms with van der Waals surface area (Å²) in [5.41, 5.74) is 5.43. The number of nitrogens with zero attached hydrogens (tertiary/aromatic N) is 1. The minimum Gasteiger partial charge on any atom is -0.276 e. The van der Waals surface area contributed by atoms with Gasteiger partial charge in [0, 0.05) is 15.6 Å². The monoisotopic (exact) mass is 327 g/mol. The number of benzene rings is 2. The van der Waals surface area contributed by atoms with Crippen molar-refractivity contribution in [3.05, 3.63) is 69.7 Å². The van der Waals surface area contributed by atoms with Gasteiger partial charge in [-0.15, -0.1) is 0 Å². The van der Waals surface area contributed by atoms with E-state index < -0.39 is 0 Å². The van der Waals surface area contributed by atoms with Crippen molar-refractivity contribution >= 4 is 33.2 Å². The maximum Gasteiger partial charge on any atom is 0.263 e. The van der Waals surface area contributed by atoms with E-state index in [1.807, 2.05) is 50.2 Å². The van der Waals surface area contributed by atoms with E-state index in [-0.39, 0.29) is 5.91 Å². The fraction of sp³-hybridized carbons (Fsp3) is 0.118. The van der Waals surface area contributed by atoms with Crippen molar-refractivity contribution in [2.75, 3.05) is 4.90 Å². The lowest BCUT2D eigenvalue weighted by Gasteiger charge is -2.22. The van der Waals surface area contributed by atoms with Crippen molar-refractivity contribution in [2.24, 2.45) is 0 Å². The second-order valence-electron chi connectivity index (χ2n) is 5.02. The number of carbonyl (C=O) groups is 1. The van der Waals surface area contributed by atoms with Gasteiger partial charge in [0.05, 0.1) is 11.4 Å². The Morgan fingerprint density at radius 1 is 1.05 bits per heavy atom. The molecule has 0 spiro atoms. The molecule has 0 radical (unpaired) electrons. The second-order valence-corrected chi connectivity index (χ2v) is 5.94. The number of hydrogen-bond acceptors (Lipinski definition) is 1. The maximum absolute atomic E-state index is 12.7. The Kier molecular flexibility index (Phi) is 3.02. The first kappa shape index (κ1) is 13.1. The topological polar surface area (TPSA) is 20.3 Å². The zero-order valence-corrected chi connectivity index (χ0v) is 13.0. The number of hydrogen-bond donors (Lipinski definition) is 0. The normalized spacial score (nSPS) is 13.8. The number of anilines is 1. The fourth-order valence-corrected chi connectivity index (χ4v) is 3.46. The van der Waals surface area contributed by atoms with E-state index in [9.17, 15) is 4.79 Å². The van der Waals surface area contributed by atoms with Crippen molar-refractivity contribution in [1.29, 1.82) is 0 Å². The first-order valence-corrected chi connectivity index (χ1v) is 7.19. The molecule has 0 bridgehead atoms. The zero-order valence-electron chi connectivity index (χ0n) is 11.4. The highest BCUT2D eigenvalue weighted by Gasteiger charge is 2.33. The standard InChI is InChI=1S/C17H14BrNO/c1-10-8-13(18)9-11(2)16(10)19-12(3)14-6-4-5-7-15(14)17(19)20/h4-9H,3H2,1-2H3. The highest BCUT2D eigenvalue weighted by Crippen LogP contribution is 2.39. The van der Waals surface area contributed by atoms with Crippen LogP contribution in [0.1, 0.15) is 27.0 Å². The molecule has 3 heteroatoms. The molecular formula is C17H14BrNO. The summed E-state index contributed by atoms with van der Waals surface area (Å²) in [5.74, 6) is -0.000813. The molecule has 2 nitrogen and oxygen atoms in total.